The molecule has 0 saturated carbocycles. The SMILES string of the molecule is O=c1c(Cl)c(NC2CCOc3ccc(F)cc32)cnn1-c1ccc(C(F)(F)F)cn1. The number of hydrogen-bond acceptors (Lipinski definition) is 5. The number of nitrogens with one attached hydrogen (secondary N) is 1. The monoisotopic (exact) mass is 440 g/mol. The molecule has 0 spiro atoms. The lowest BCUT2D eigenvalue weighted by Crippen LogP contribution is -2.26. The fraction of sp³-hybridized carbons (Fsp3) is 0.211. The van der Waals surface area contributed by atoms with Crippen LogP contribution in [0.1, 0.15) is 23.6 Å². The predicted octanol–water partition coefficient (Wildman–Crippen LogP) is 4.37. The van der Waals surface area contributed by atoms with E-state index in [4.69, 9.17) is 16.3 Å². The molecule has 0 aliphatic carbocycles. The lowest BCUT2D eigenvalue weighted by atomic mass is 10.00. The topological polar surface area (TPSA) is 69.0 Å². The van der Waals surface area contributed by atoms with E-state index in [-0.39, 0.29) is 22.6 Å². The minimum Gasteiger partial charge on any atom is -0.493 e. The van der Waals surface area contributed by atoms with Crippen LogP contribution in [-0.4, -0.2) is 21.4 Å². The van der Waals surface area contributed by atoms with E-state index in [0.717, 1.165) is 16.8 Å². The average molecular weight is 441 g/mol. The van der Waals surface area contributed by atoms with E-state index >= 15 is 0 Å². The van der Waals surface area contributed by atoms with E-state index < -0.39 is 23.1 Å². The molecule has 11 heteroatoms. The number of halogens is 5. The summed E-state index contributed by atoms with van der Waals surface area (Å²) < 4.78 is 58.0. The molecular formula is C19H13ClF4N4O2. The van der Waals surface area contributed by atoms with Crippen molar-refractivity contribution in [2.75, 3.05) is 11.9 Å². The summed E-state index contributed by atoms with van der Waals surface area (Å²) in [6.07, 6.45) is -2.18. The summed E-state index contributed by atoms with van der Waals surface area (Å²) in [6.45, 7) is 0.383. The van der Waals surface area contributed by atoms with E-state index in [1.165, 1.54) is 24.4 Å². The number of fused-ring (bicyclic) bond motifs is 1. The van der Waals surface area contributed by atoms with Gasteiger partial charge in [-0.1, -0.05) is 11.6 Å². The van der Waals surface area contributed by atoms with Crippen LogP contribution in [0.4, 0.5) is 23.2 Å². The molecule has 4 rings (SSSR count). The molecular weight excluding hydrogens is 428 g/mol. The molecule has 1 aliphatic heterocycles. The van der Waals surface area contributed by atoms with Crippen LogP contribution >= 0.6 is 11.6 Å². The Balaban J connectivity index is 1.63. The Labute approximate surface area is 172 Å². The molecule has 30 heavy (non-hydrogen) atoms. The van der Waals surface area contributed by atoms with E-state index in [9.17, 15) is 22.4 Å². The Morgan fingerprint density at radius 3 is 2.70 bits per heavy atom. The normalized spacial score (nSPS) is 16.0. The van der Waals surface area contributed by atoms with Crippen molar-refractivity contribution in [3.8, 4) is 11.6 Å². The number of alkyl halides is 3. The second-order valence-corrected chi connectivity index (χ2v) is 6.89. The molecule has 156 valence electrons. The van der Waals surface area contributed by atoms with Gasteiger partial charge in [0.15, 0.2) is 5.82 Å². The van der Waals surface area contributed by atoms with Crippen molar-refractivity contribution in [1.29, 1.82) is 0 Å². The van der Waals surface area contributed by atoms with Gasteiger partial charge in [-0.25, -0.2) is 9.37 Å². The molecule has 1 unspecified atom stereocenters. The largest absolute Gasteiger partial charge is 0.493 e. The molecule has 6 nitrogen and oxygen atoms in total. The first-order valence-electron chi connectivity index (χ1n) is 8.74. The van der Waals surface area contributed by atoms with E-state index in [2.05, 4.69) is 15.4 Å². The third-order valence-electron chi connectivity index (χ3n) is 4.55. The molecule has 0 amide bonds. The van der Waals surface area contributed by atoms with E-state index in [0.29, 0.717) is 30.5 Å². The molecule has 1 aromatic carbocycles. The number of anilines is 1. The van der Waals surface area contributed by atoms with Gasteiger partial charge in [0.25, 0.3) is 5.56 Å². The molecule has 3 aromatic rings. The molecule has 3 heterocycles. The Bertz CT molecular complexity index is 1150. The molecule has 1 atom stereocenters. The van der Waals surface area contributed by atoms with Gasteiger partial charge in [0.05, 0.1) is 30.1 Å². The molecule has 1 aliphatic rings. The summed E-state index contributed by atoms with van der Waals surface area (Å²) in [5.41, 5.74) is -0.938. The van der Waals surface area contributed by atoms with Crippen LogP contribution in [0.25, 0.3) is 5.82 Å². The second kappa shape index (κ2) is 7.60. The number of rotatable bonds is 3. The Morgan fingerprint density at radius 1 is 1.20 bits per heavy atom. The highest BCUT2D eigenvalue weighted by atomic mass is 35.5. The Kier molecular flexibility index (Phi) is 5.10. The highest BCUT2D eigenvalue weighted by Gasteiger charge is 2.31. The molecule has 0 radical (unpaired) electrons. The van der Waals surface area contributed by atoms with Gasteiger partial charge in [-0.05, 0) is 30.3 Å². The van der Waals surface area contributed by atoms with Gasteiger partial charge in [-0.3, -0.25) is 4.79 Å². The fourth-order valence-electron chi connectivity index (χ4n) is 3.08. The lowest BCUT2D eigenvalue weighted by molar-refractivity contribution is -0.137. The smallest absolute Gasteiger partial charge is 0.417 e. The molecule has 0 saturated heterocycles. The second-order valence-electron chi connectivity index (χ2n) is 6.51. The number of nitrogens with zero attached hydrogens (tertiary/aromatic N) is 3. The zero-order chi connectivity index (χ0) is 21.5. The van der Waals surface area contributed by atoms with Gasteiger partial charge in [0, 0.05) is 18.2 Å². The predicted molar refractivity (Wildman–Crippen MR) is 101 cm³/mol. The number of ether oxygens (including phenoxy) is 1. The van der Waals surface area contributed by atoms with Crippen LogP contribution in [0.2, 0.25) is 5.02 Å². The van der Waals surface area contributed by atoms with Crippen LogP contribution < -0.4 is 15.6 Å². The zero-order valence-corrected chi connectivity index (χ0v) is 15.8. The minimum absolute atomic E-state index is 0.111. The first kappa shape index (κ1) is 20.1. The number of aromatic nitrogens is 3. The molecule has 0 bridgehead atoms. The first-order chi connectivity index (χ1) is 14.2. The van der Waals surface area contributed by atoms with Crippen LogP contribution in [-0.2, 0) is 6.18 Å². The van der Waals surface area contributed by atoms with Crippen molar-refractivity contribution in [3.63, 3.8) is 0 Å². The molecule has 0 fully saturated rings. The summed E-state index contributed by atoms with van der Waals surface area (Å²) in [6, 6.07) is 5.59. The lowest BCUT2D eigenvalue weighted by Gasteiger charge is -2.27. The maximum atomic E-state index is 13.6. The summed E-state index contributed by atoms with van der Waals surface area (Å²) in [4.78, 5) is 16.2. The molecule has 2 aromatic heterocycles. The Morgan fingerprint density at radius 2 is 2.00 bits per heavy atom. The summed E-state index contributed by atoms with van der Waals surface area (Å²) in [7, 11) is 0. The summed E-state index contributed by atoms with van der Waals surface area (Å²) >= 11 is 6.18. The van der Waals surface area contributed by atoms with Crippen molar-refractivity contribution in [2.24, 2.45) is 0 Å². The van der Waals surface area contributed by atoms with Crippen molar-refractivity contribution in [3.05, 3.63) is 75.0 Å². The van der Waals surface area contributed by atoms with Gasteiger partial charge in [0.2, 0.25) is 0 Å². The van der Waals surface area contributed by atoms with Crippen LogP contribution in [0.15, 0.2) is 47.5 Å². The van der Waals surface area contributed by atoms with Crippen LogP contribution in [0, 0.1) is 5.82 Å². The third kappa shape index (κ3) is 3.82. The van der Waals surface area contributed by atoms with E-state index in [1.54, 1.807) is 0 Å². The molecule has 1 N–H and O–H groups in total. The van der Waals surface area contributed by atoms with Crippen molar-refractivity contribution in [1.82, 2.24) is 14.8 Å². The maximum absolute atomic E-state index is 13.6. The number of hydrogen-bond donors (Lipinski definition) is 1. The van der Waals surface area contributed by atoms with Crippen LogP contribution in [0.5, 0.6) is 5.75 Å². The number of benzene rings is 1. The van der Waals surface area contributed by atoms with Gasteiger partial charge >= 0.3 is 6.18 Å². The van der Waals surface area contributed by atoms with Crippen molar-refractivity contribution < 1.29 is 22.3 Å². The van der Waals surface area contributed by atoms with Gasteiger partial charge in [0.1, 0.15) is 16.6 Å². The highest BCUT2D eigenvalue weighted by Crippen LogP contribution is 2.35. The summed E-state index contributed by atoms with van der Waals surface area (Å²) in [5, 5.41) is 6.78. The van der Waals surface area contributed by atoms with Gasteiger partial charge < -0.3 is 10.1 Å². The Hall–Kier alpha value is -3.14. The zero-order valence-electron chi connectivity index (χ0n) is 15.1. The standard InChI is InChI=1S/C19H13ClF4N4O2/c20-17-14(27-13-5-6-30-15-3-2-11(21)7-12(13)15)9-26-28(18(17)29)16-4-1-10(8-25-16)19(22,23)24/h1-4,7-9,13,27H,5-6H2. The van der Waals surface area contributed by atoms with E-state index in [1.807, 2.05) is 0 Å². The third-order valence-corrected chi connectivity index (χ3v) is 4.92. The van der Waals surface area contributed by atoms with Crippen molar-refractivity contribution in [2.45, 2.75) is 18.6 Å². The maximum Gasteiger partial charge on any atom is 0.417 e. The van der Waals surface area contributed by atoms with Crippen LogP contribution in [0.3, 0.4) is 0 Å². The average Bonchev–Trinajstić information content (AvgIpc) is 2.71. The summed E-state index contributed by atoms with van der Waals surface area (Å²) in [5.74, 6) is -0.0227. The van der Waals surface area contributed by atoms with Gasteiger partial charge in [-0.2, -0.15) is 23.0 Å². The first-order valence-corrected chi connectivity index (χ1v) is 9.12. The van der Waals surface area contributed by atoms with Crippen molar-refractivity contribution >= 4 is 17.3 Å². The quantitative estimate of drug-likeness (QED) is 0.612. The minimum atomic E-state index is -4.55. The van der Waals surface area contributed by atoms with Gasteiger partial charge in [-0.15, -0.1) is 0 Å². The highest BCUT2D eigenvalue weighted by molar-refractivity contribution is 6.33. The number of pyridine rings is 1. The fourth-order valence-corrected chi connectivity index (χ4v) is 3.26.